The molecule has 1 saturated heterocycles. The van der Waals surface area contributed by atoms with Crippen LogP contribution in [0.2, 0.25) is 0 Å². The average Bonchev–Trinajstić information content (AvgIpc) is 3.22. The van der Waals surface area contributed by atoms with E-state index in [2.05, 4.69) is 24.3 Å². The number of rotatable bonds is 7. The highest BCUT2D eigenvalue weighted by molar-refractivity contribution is 5.67. The lowest BCUT2D eigenvalue weighted by atomic mass is 9.88. The Balaban J connectivity index is 1.49. The van der Waals surface area contributed by atoms with Gasteiger partial charge in [0.1, 0.15) is 6.61 Å². The van der Waals surface area contributed by atoms with Gasteiger partial charge in [0.2, 0.25) is 0 Å². The zero-order valence-electron chi connectivity index (χ0n) is 17.9. The molecule has 0 radical (unpaired) electrons. The average molecular weight is 420 g/mol. The highest BCUT2D eigenvalue weighted by atomic mass is 16.7. The van der Waals surface area contributed by atoms with Crippen LogP contribution in [0.15, 0.2) is 66.9 Å². The number of piperidine rings is 1. The van der Waals surface area contributed by atoms with Crippen LogP contribution in [-0.2, 0) is 17.8 Å². The monoisotopic (exact) mass is 419 g/mol. The number of carbonyl (C=O) groups excluding carboxylic acids is 1. The van der Waals surface area contributed by atoms with Crippen molar-refractivity contribution in [2.24, 2.45) is 0 Å². The maximum absolute atomic E-state index is 12.0. The number of ether oxygens (including phenoxy) is 1. The molecule has 2 aromatic carbocycles. The van der Waals surface area contributed by atoms with E-state index in [1.807, 2.05) is 49.5 Å². The van der Waals surface area contributed by atoms with Crippen LogP contribution in [0.1, 0.15) is 48.1 Å². The van der Waals surface area contributed by atoms with Crippen LogP contribution in [0.25, 0.3) is 0 Å². The Kier molecular flexibility index (Phi) is 6.87. The van der Waals surface area contributed by atoms with Crippen LogP contribution in [0.3, 0.4) is 0 Å². The van der Waals surface area contributed by atoms with E-state index in [-0.39, 0.29) is 6.09 Å². The van der Waals surface area contributed by atoms with Crippen LogP contribution in [0.5, 0.6) is 0 Å². The Bertz CT molecular complexity index is 964. The second kappa shape index (κ2) is 10.2. The van der Waals surface area contributed by atoms with Crippen molar-refractivity contribution in [3.8, 4) is 0 Å². The van der Waals surface area contributed by atoms with Crippen molar-refractivity contribution >= 4 is 6.09 Å². The molecule has 0 spiro atoms. The Morgan fingerprint density at radius 3 is 2.29 bits per heavy atom. The molecule has 6 nitrogen and oxygen atoms in total. The number of benzene rings is 2. The third kappa shape index (κ3) is 5.45. The van der Waals surface area contributed by atoms with Crippen molar-refractivity contribution in [3.05, 3.63) is 89.2 Å². The Morgan fingerprint density at radius 1 is 1.00 bits per heavy atom. The van der Waals surface area contributed by atoms with Gasteiger partial charge in [-0.2, -0.15) is 0 Å². The Morgan fingerprint density at radius 2 is 1.65 bits per heavy atom. The quantitative estimate of drug-likeness (QED) is 0.568. The van der Waals surface area contributed by atoms with Crippen molar-refractivity contribution in [1.82, 2.24) is 14.8 Å². The molecule has 0 atom stereocenters. The smallest absolute Gasteiger partial charge is 0.409 e. The molecule has 6 heteroatoms. The lowest BCUT2D eigenvalue weighted by Crippen LogP contribution is -2.38. The van der Waals surface area contributed by atoms with Gasteiger partial charge in [0.05, 0.1) is 18.5 Å². The molecule has 1 aliphatic heterocycles. The van der Waals surface area contributed by atoms with Crippen LogP contribution >= 0.6 is 0 Å². The van der Waals surface area contributed by atoms with Crippen LogP contribution in [0.4, 0.5) is 4.79 Å². The summed E-state index contributed by atoms with van der Waals surface area (Å²) in [5.74, 6) is 0.346. The van der Waals surface area contributed by atoms with E-state index in [1.54, 1.807) is 9.75 Å². The van der Waals surface area contributed by atoms with Crippen molar-refractivity contribution in [1.29, 1.82) is 0 Å². The van der Waals surface area contributed by atoms with E-state index in [0.717, 1.165) is 30.5 Å². The van der Waals surface area contributed by atoms with E-state index in [4.69, 9.17) is 14.7 Å². The molecule has 0 bridgehead atoms. The van der Waals surface area contributed by atoms with E-state index in [1.165, 1.54) is 11.1 Å². The molecule has 2 heterocycles. The van der Waals surface area contributed by atoms with Gasteiger partial charge < -0.3 is 14.5 Å². The first-order valence-electron chi connectivity index (χ1n) is 10.9. The predicted molar refractivity (Wildman–Crippen MR) is 119 cm³/mol. The molecule has 0 saturated carbocycles. The minimum Gasteiger partial charge on any atom is -0.450 e. The number of carbonyl (C=O) groups is 1. The topological polar surface area (TPSA) is 56.6 Å². The lowest BCUT2D eigenvalue weighted by Gasteiger charge is -2.31. The van der Waals surface area contributed by atoms with Gasteiger partial charge >= 0.3 is 6.09 Å². The maximum Gasteiger partial charge on any atom is 0.409 e. The van der Waals surface area contributed by atoms with Gasteiger partial charge in [-0.25, -0.2) is 4.79 Å². The molecular formula is C25H29N3O3. The standard InChI is InChI=1S/C25H29N3O3/c1-2-30-25(29)27-15-13-22(14-16-27)23-18-28(31-19-21-11-7-4-8-12-21)26-24(23)17-20-9-5-3-6-10-20/h3-12,18,22H,2,13-17,19H2,1H3. The fourth-order valence-corrected chi connectivity index (χ4v) is 4.04. The van der Waals surface area contributed by atoms with Crippen molar-refractivity contribution in [2.75, 3.05) is 19.7 Å². The second-order valence-corrected chi connectivity index (χ2v) is 7.82. The molecule has 4 rings (SSSR count). The molecule has 0 N–H and O–H groups in total. The van der Waals surface area contributed by atoms with Gasteiger partial charge in [-0.05, 0) is 36.8 Å². The van der Waals surface area contributed by atoms with Gasteiger partial charge in [-0.1, -0.05) is 60.7 Å². The minimum atomic E-state index is -0.215. The summed E-state index contributed by atoms with van der Waals surface area (Å²) in [6.07, 6.45) is 4.35. The number of hydrogen-bond acceptors (Lipinski definition) is 4. The number of nitrogens with zero attached hydrogens (tertiary/aromatic N) is 3. The zero-order chi connectivity index (χ0) is 21.5. The lowest BCUT2D eigenvalue weighted by molar-refractivity contribution is 0.0690. The van der Waals surface area contributed by atoms with E-state index >= 15 is 0 Å². The van der Waals surface area contributed by atoms with Gasteiger partial charge in [0.15, 0.2) is 0 Å². The third-order valence-corrected chi connectivity index (χ3v) is 5.68. The largest absolute Gasteiger partial charge is 0.450 e. The summed E-state index contributed by atoms with van der Waals surface area (Å²) in [5.41, 5.74) is 4.57. The molecule has 1 amide bonds. The molecule has 1 fully saturated rings. The number of hydrogen-bond donors (Lipinski definition) is 0. The first-order valence-corrected chi connectivity index (χ1v) is 10.9. The fraction of sp³-hybridized carbons (Fsp3) is 0.360. The molecule has 162 valence electrons. The summed E-state index contributed by atoms with van der Waals surface area (Å²) < 4.78 is 5.15. The van der Waals surface area contributed by atoms with E-state index in [0.29, 0.717) is 32.2 Å². The number of aromatic nitrogens is 2. The van der Waals surface area contributed by atoms with Crippen molar-refractivity contribution in [3.63, 3.8) is 0 Å². The predicted octanol–water partition coefficient (Wildman–Crippen LogP) is 4.44. The highest BCUT2D eigenvalue weighted by Crippen LogP contribution is 2.31. The number of likely N-dealkylation sites (tertiary alicyclic amines) is 1. The van der Waals surface area contributed by atoms with E-state index < -0.39 is 0 Å². The Hall–Kier alpha value is -3.28. The van der Waals surface area contributed by atoms with E-state index in [9.17, 15) is 4.79 Å². The first kappa shape index (κ1) is 21.0. The number of amides is 1. The van der Waals surface area contributed by atoms with Gasteiger partial charge in [-0.3, -0.25) is 0 Å². The summed E-state index contributed by atoms with van der Waals surface area (Å²) in [6.45, 7) is 4.11. The molecule has 3 aromatic rings. The van der Waals surface area contributed by atoms with Crippen molar-refractivity contribution < 1.29 is 14.4 Å². The van der Waals surface area contributed by atoms with Gasteiger partial charge in [-0.15, -0.1) is 9.94 Å². The van der Waals surface area contributed by atoms with Crippen LogP contribution < -0.4 is 4.84 Å². The van der Waals surface area contributed by atoms with Gasteiger partial charge in [0.25, 0.3) is 0 Å². The second-order valence-electron chi connectivity index (χ2n) is 7.82. The molecular weight excluding hydrogens is 390 g/mol. The Labute approximate surface area is 183 Å². The molecule has 0 unspecified atom stereocenters. The van der Waals surface area contributed by atoms with Crippen molar-refractivity contribution in [2.45, 2.75) is 38.7 Å². The molecule has 1 aromatic heterocycles. The summed E-state index contributed by atoms with van der Waals surface area (Å²) >= 11 is 0. The van der Waals surface area contributed by atoms with Gasteiger partial charge in [0, 0.05) is 25.1 Å². The normalized spacial score (nSPS) is 14.4. The third-order valence-electron chi connectivity index (χ3n) is 5.68. The fourth-order valence-electron chi connectivity index (χ4n) is 4.04. The maximum atomic E-state index is 12.0. The summed E-state index contributed by atoms with van der Waals surface area (Å²) in [6, 6.07) is 20.5. The molecule has 31 heavy (non-hydrogen) atoms. The van der Waals surface area contributed by atoms with Crippen LogP contribution in [-0.4, -0.2) is 40.6 Å². The zero-order valence-corrected chi connectivity index (χ0v) is 17.9. The summed E-state index contributed by atoms with van der Waals surface area (Å²) in [7, 11) is 0. The molecule has 0 aliphatic carbocycles. The first-order chi connectivity index (χ1) is 15.2. The molecule has 1 aliphatic rings. The minimum absolute atomic E-state index is 0.215. The summed E-state index contributed by atoms with van der Waals surface area (Å²) in [4.78, 5) is 21.4. The summed E-state index contributed by atoms with van der Waals surface area (Å²) in [5, 5.41) is 4.77. The SMILES string of the molecule is CCOC(=O)N1CCC(c2cn(OCc3ccccc3)nc2Cc2ccccc2)CC1. The van der Waals surface area contributed by atoms with Crippen LogP contribution in [0, 0.1) is 0 Å². The highest BCUT2D eigenvalue weighted by Gasteiger charge is 2.27.